The van der Waals surface area contributed by atoms with E-state index in [4.69, 9.17) is 11.6 Å². The fourth-order valence-electron chi connectivity index (χ4n) is 1.98. The maximum absolute atomic E-state index is 12.1. The van der Waals surface area contributed by atoms with E-state index in [0.29, 0.717) is 24.2 Å². The van der Waals surface area contributed by atoms with Crippen LogP contribution in [0.25, 0.3) is 11.0 Å². The van der Waals surface area contributed by atoms with Crippen LogP contribution in [0.2, 0.25) is 0 Å². The van der Waals surface area contributed by atoms with E-state index in [9.17, 15) is 9.59 Å². The van der Waals surface area contributed by atoms with Crippen molar-refractivity contribution in [2.45, 2.75) is 26.1 Å². The van der Waals surface area contributed by atoms with Gasteiger partial charge >= 0.3 is 0 Å². The molecule has 1 atom stereocenters. The number of amides is 2. The summed E-state index contributed by atoms with van der Waals surface area (Å²) in [5, 5.41) is 4.78. The summed E-state index contributed by atoms with van der Waals surface area (Å²) in [5.74, 6) is -0.479. The molecule has 2 amide bonds. The number of benzene rings is 1. The summed E-state index contributed by atoms with van der Waals surface area (Å²) in [7, 11) is 0. The molecule has 0 aliphatic carbocycles. The minimum Gasteiger partial charge on any atom is -0.353 e. The van der Waals surface area contributed by atoms with Gasteiger partial charge in [0.15, 0.2) is 0 Å². The third-order valence-corrected chi connectivity index (χ3v) is 3.61. The average Bonchev–Trinajstić information content (AvgIpc) is 2.51. The minimum absolute atomic E-state index is 0.222. The van der Waals surface area contributed by atoms with Crippen molar-refractivity contribution in [3.05, 3.63) is 35.2 Å². The van der Waals surface area contributed by atoms with Gasteiger partial charge in [0, 0.05) is 18.7 Å². The molecule has 2 rings (SSSR count). The number of alkyl halides is 1. The molecular formula is C16H19ClN4O2. The summed E-state index contributed by atoms with van der Waals surface area (Å²) in [6.45, 7) is 6.03. The monoisotopic (exact) mass is 334 g/mol. The van der Waals surface area contributed by atoms with Gasteiger partial charge in [0.25, 0.3) is 5.91 Å². The van der Waals surface area contributed by atoms with Crippen LogP contribution in [0.3, 0.4) is 0 Å². The molecule has 1 aromatic carbocycles. The lowest BCUT2D eigenvalue weighted by Crippen LogP contribution is -2.37. The molecular weight excluding hydrogens is 316 g/mol. The third kappa shape index (κ3) is 4.39. The summed E-state index contributed by atoms with van der Waals surface area (Å²) >= 11 is 5.63. The van der Waals surface area contributed by atoms with Crippen molar-refractivity contribution in [3.63, 3.8) is 0 Å². The Balaban J connectivity index is 1.98. The maximum atomic E-state index is 12.1. The highest BCUT2D eigenvalue weighted by Crippen LogP contribution is 2.14. The molecule has 0 saturated heterocycles. The lowest BCUT2D eigenvalue weighted by molar-refractivity contribution is -0.120. The first-order valence-electron chi connectivity index (χ1n) is 7.33. The number of aromatic nitrogens is 2. The molecule has 0 fully saturated rings. The van der Waals surface area contributed by atoms with Gasteiger partial charge in [-0.05, 0) is 39.0 Å². The second-order valence-corrected chi connectivity index (χ2v) is 5.92. The summed E-state index contributed by atoms with van der Waals surface area (Å²) in [6, 6.07) is 5.20. The molecule has 0 saturated carbocycles. The minimum atomic E-state index is -0.587. The standard InChI is InChI=1S/C16H19ClN4O2/c1-9(17)15(22)18-6-7-19-16(23)12-4-5-13-14(8-12)21-11(3)10(2)20-13/h4-5,8-9H,6-7H2,1-3H3,(H,18,22)(H,19,23). The molecule has 0 bridgehead atoms. The van der Waals surface area contributed by atoms with Crippen molar-refractivity contribution < 1.29 is 9.59 Å². The quantitative estimate of drug-likeness (QED) is 0.644. The Kier molecular flexibility index (Phi) is 5.50. The lowest BCUT2D eigenvalue weighted by Gasteiger charge is -2.09. The molecule has 1 unspecified atom stereocenters. The second-order valence-electron chi connectivity index (χ2n) is 5.26. The number of halogens is 1. The number of fused-ring (bicyclic) bond motifs is 1. The van der Waals surface area contributed by atoms with Crippen LogP contribution >= 0.6 is 11.6 Å². The third-order valence-electron chi connectivity index (χ3n) is 3.41. The first kappa shape index (κ1) is 17.1. The highest BCUT2D eigenvalue weighted by atomic mass is 35.5. The molecule has 0 aliphatic heterocycles. The van der Waals surface area contributed by atoms with Crippen LogP contribution in [-0.4, -0.2) is 40.2 Å². The first-order chi connectivity index (χ1) is 10.9. The second kappa shape index (κ2) is 7.37. The molecule has 7 heteroatoms. The van der Waals surface area contributed by atoms with Gasteiger partial charge in [-0.2, -0.15) is 0 Å². The van der Waals surface area contributed by atoms with Gasteiger partial charge in [-0.3, -0.25) is 9.59 Å². The summed E-state index contributed by atoms with van der Waals surface area (Å²) < 4.78 is 0. The highest BCUT2D eigenvalue weighted by molar-refractivity contribution is 6.30. The van der Waals surface area contributed by atoms with E-state index in [1.54, 1.807) is 25.1 Å². The van der Waals surface area contributed by atoms with Gasteiger partial charge in [-0.25, -0.2) is 9.97 Å². The molecule has 0 aliphatic rings. The Morgan fingerprint density at radius 1 is 1.09 bits per heavy atom. The van der Waals surface area contributed by atoms with Gasteiger partial charge in [0.1, 0.15) is 5.38 Å². The predicted octanol–water partition coefficient (Wildman–Crippen LogP) is 1.72. The Hall–Kier alpha value is -2.21. The molecule has 0 spiro atoms. The fourth-order valence-corrected chi connectivity index (χ4v) is 2.05. The van der Waals surface area contributed by atoms with E-state index in [1.807, 2.05) is 13.8 Å². The van der Waals surface area contributed by atoms with E-state index in [-0.39, 0.29) is 11.8 Å². The Bertz CT molecular complexity index is 746. The smallest absolute Gasteiger partial charge is 0.251 e. The van der Waals surface area contributed by atoms with Crippen molar-refractivity contribution in [2.24, 2.45) is 0 Å². The summed E-state index contributed by atoms with van der Waals surface area (Å²) in [4.78, 5) is 32.3. The van der Waals surface area contributed by atoms with Crippen LogP contribution in [0.4, 0.5) is 0 Å². The Labute approximate surface area is 139 Å². The van der Waals surface area contributed by atoms with Crippen LogP contribution in [0.1, 0.15) is 28.7 Å². The van der Waals surface area contributed by atoms with Crippen molar-refractivity contribution in [2.75, 3.05) is 13.1 Å². The van der Waals surface area contributed by atoms with Gasteiger partial charge in [0.05, 0.1) is 22.4 Å². The van der Waals surface area contributed by atoms with E-state index in [0.717, 1.165) is 16.9 Å². The zero-order chi connectivity index (χ0) is 17.0. The first-order valence-corrected chi connectivity index (χ1v) is 7.77. The van der Waals surface area contributed by atoms with Crippen LogP contribution in [-0.2, 0) is 4.79 Å². The number of hydrogen-bond acceptors (Lipinski definition) is 4. The Morgan fingerprint density at radius 2 is 1.70 bits per heavy atom. The number of carbonyl (C=O) groups is 2. The highest BCUT2D eigenvalue weighted by Gasteiger charge is 2.10. The molecule has 6 nitrogen and oxygen atoms in total. The number of rotatable bonds is 5. The van der Waals surface area contributed by atoms with Crippen molar-refractivity contribution in [1.29, 1.82) is 0 Å². The number of hydrogen-bond donors (Lipinski definition) is 2. The van der Waals surface area contributed by atoms with Crippen molar-refractivity contribution >= 4 is 34.4 Å². The van der Waals surface area contributed by atoms with Gasteiger partial charge in [0.2, 0.25) is 5.91 Å². The molecule has 1 aromatic heterocycles. The molecule has 2 N–H and O–H groups in total. The molecule has 2 aromatic rings. The van der Waals surface area contributed by atoms with Gasteiger partial charge in [-0.15, -0.1) is 11.6 Å². The van der Waals surface area contributed by atoms with Crippen molar-refractivity contribution in [3.8, 4) is 0 Å². The van der Waals surface area contributed by atoms with E-state index < -0.39 is 5.38 Å². The zero-order valence-electron chi connectivity index (χ0n) is 13.3. The summed E-state index contributed by atoms with van der Waals surface area (Å²) in [6.07, 6.45) is 0. The number of nitrogens with zero attached hydrogens (tertiary/aromatic N) is 2. The number of nitrogens with one attached hydrogen (secondary N) is 2. The van der Waals surface area contributed by atoms with Gasteiger partial charge in [-0.1, -0.05) is 0 Å². The van der Waals surface area contributed by atoms with Crippen LogP contribution < -0.4 is 10.6 Å². The molecule has 23 heavy (non-hydrogen) atoms. The van der Waals surface area contributed by atoms with E-state index in [1.165, 1.54) is 0 Å². The topological polar surface area (TPSA) is 84.0 Å². The SMILES string of the molecule is Cc1nc2ccc(C(=O)NCCNC(=O)C(C)Cl)cc2nc1C. The average molecular weight is 335 g/mol. The van der Waals surface area contributed by atoms with E-state index in [2.05, 4.69) is 20.6 Å². The van der Waals surface area contributed by atoms with Crippen LogP contribution in [0, 0.1) is 13.8 Å². The molecule has 122 valence electrons. The predicted molar refractivity (Wildman–Crippen MR) is 89.7 cm³/mol. The fraction of sp³-hybridized carbons (Fsp3) is 0.375. The lowest BCUT2D eigenvalue weighted by atomic mass is 10.1. The zero-order valence-corrected chi connectivity index (χ0v) is 14.1. The van der Waals surface area contributed by atoms with Gasteiger partial charge < -0.3 is 10.6 Å². The summed E-state index contributed by atoms with van der Waals surface area (Å²) in [5.41, 5.74) is 3.66. The van der Waals surface area contributed by atoms with Crippen LogP contribution in [0.5, 0.6) is 0 Å². The normalized spacial score (nSPS) is 12.0. The maximum Gasteiger partial charge on any atom is 0.251 e. The number of aryl methyl sites for hydroxylation is 2. The molecule has 1 heterocycles. The van der Waals surface area contributed by atoms with E-state index >= 15 is 0 Å². The van der Waals surface area contributed by atoms with Crippen LogP contribution in [0.15, 0.2) is 18.2 Å². The van der Waals surface area contributed by atoms with Crippen molar-refractivity contribution in [1.82, 2.24) is 20.6 Å². The molecule has 0 radical (unpaired) electrons. The Morgan fingerprint density at radius 3 is 2.35 bits per heavy atom. The number of carbonyl (C=O) groups excluding carboxylic acids is 2. The largest absolute Gasteiger partial charge is 0.353 e.